The Balaban J connectivity index is 1.54. The molecule has 0 atom stereocenters. The molecule has 3 rings (SSSR count). The lowest BCUT2D eigenvalue weighted by atomic mass is 10.0. The van der Waals surface area contributed by atoms with E-state index in [0.29, 0.717) is 26.3 Å². The third-order valence-corrected chi connectivity index (χ3v) is 5.67. The predicted molar refractivity (Wildman–Crippen MR) is 89.3 cm³/mol. The molecule has 0 unspecified atom stereocenters. The second-order valence-corrected chi connectivity index (χ2v) is 7.28. The molecule has 2 heterocycles. The van der Waals surface area contributed by atoms with E-state index in [0.717, 1.165) is 38.5 Å². The Kier molecular flexibility index (Phi) is 5.76. The monoisotopic (exact) mass is 338 g/mol. The first-order chi connectivity index (χ1) is 11.6. The molecule has 0 aromatic carbocycles. The normalized spacial score (nSPS) is 24.8. The third-order valence-electron chi connectivity index (χ3n) is 5.67. The van der Waals surface area contributed by atoms with E-state index < -0.39 is 5.79 Å². The summed E-state index contributed by atoms with van der Waals surface area (Å²) in [6.45, 7) is 4.39. The van der Waals surface area contributed by atoms with E-state index in [9.17, 15) is 9.59 Å². The standard InChI is InChI=1S/C18H30N2O4/c1-15(21)20(16-6-4-2-3-5-7-16)14-17(22)19-10-8-18(9-11-19)23-12-13-24-18/h16H,2-14H2,1H3. The minimum Gasteiger partial charge on any atom is -0.347 e. The molecule has 0 N–H and O–H groups in total. The highest BCUT2D eigenvalue weighted by atomic mass is 16.7. The van der Waals surface area contributed by atoms with Crippen molar-refractivity contribution in [2.45, 2.75) is 70.1 Å². The number of hydrogen-bond acceptors (Lipinski definition) is 4. The Morgan fingerprint density at radius 3 is 2.17 bits per heavy atom. The van der Waals surface area contributed by atoms with Gasteiger partial charge in [0.25, 0.3) is 0 Å². The average Bonchev–Trinajstić information content (AvgIpc) is 2.85. The smallest absolute Gasteiger partial charge is 0.242 e. The summed E-state index contributed by atoms with van der Waals surface area (Å²) >= 11 is 0. The molecule has 136 valence electrons. The van der Waals surface area contributed by atoms with Gasteiger partial charge in [-0.25, -0.2) is 0 Å². The molecular formula is C18H30N2O4. The molecule has 1 spiro atoms. The van der Waals surface area contributed by atoms with Crippen molar-refractivity contribution in [3.63, 3.8) is 0 Å². The topological polar surface area (TPSA) is 59.1 Å². The number of rotatable bonds is 3. The van der Waals surface area contributed by atoms with Gasteiger partial charge >= 0.3 is 0 Å². The van der Waals surface area contributed by atoms with Gasteiger partial charge in [0.2, 0.25) is 11.8 Å². The fraction of sp³-hybridized carbons (Fsp3) is 0.889. The first kappa shape index (κ1) is 17.7. The number of carbonyl (C=O) groups is 2. The van der Waals surface area contributed by atoms with E-state index in [2.05, 4.69) is 0 Å². The van der Waals surface area contributed by atoms with Crippen molar-refractivity contribution in [3.8, 4) is 0 Å². The van der Waals surface area contributed by atoms with Crippen LogP contribution >= 0.6 is 0 Å². The predicted octanol–water partition coefficient (Wildman–Crippen LogP) is 1.92. The zero-order valence-electron chi connectivity index (χ0n) is 14.8. The number of piperidine rings is 1. The molecule has 0 radical (unpaired) electrons. The summed E-state index contributed by atoms with van der Waals surface area (Å²) in [5.74, 6) is -0.383. The lowest BCUT2D eigenvalue weighted by molar-refractivity contribution is -0.188. The lowest BCUT2D eigenvalue weighted by Gasteiger charge is -2.39. The maximum Gasteiger partial charge on any atom is 0.242 e. The number of nitrogens with zero attached hydrogens (tertiary/aromatic N) is 2. The average molecular weight is 338 g/mol. The Morgan fingerprint density at radius 2 is 1.62 bits per heavy atom. The zero-order valence-corrected chi connectivity index (χ0v) is 14.8. The molecule has 1 saturated carbocycles. The summed E-state index contributed by atoms with van der Waals surface area (Å²) in [6.07, 6.45) is 8.29. The van der Waals surface area contributed by atoms with Crippen molar-refractivity contribution in [1.29, 1.82) is 0 Å². The van der Waals surface area contributed by atoms with Crippen LogP contribution in [0.25, 0.3) is 0 Å². The largest absolute Gasteiger partial charge is 0.347 e. The van der Waals surface area contributed by atoms with E-state index in [1.165, 1.54) is 12.8 Å². The minimum absolute atomic E-state index is 0.0196. The number of likely N-dealkylation sites (tertiary alicyclic amines) is 1. The van der Waals surface area contributed by atoms with Crippen molar-refractivity contribution in [3.05, 3.63) is 0 Å². The highest BCUT2D eigenvalue weighted by molar-refractivity contribution is 5.84. The molecular weight excluding hydrogens is 308 g/mol. The van der Waals surface area contributed by atoms with E-state index in [1.807, 2.05) is 4.90 Å². The van der Waals surface area contributed by atoms with Crippen LogP contribution < -0.4 is 0 Å². The van der Waals surface area contributed by atoms with Crippen LogP contribution in [0.4, 0.5) is 0 Å². The molecule has 0 bridgehead atoms. The van der Waals surface area contributed by atoms with E-state index in [4.69, 9.17) is 9.47 Å². The Labute approximate surface area is 144 Å². The van der Waals surface area contributed by atoms with Crippen molar-refractivity contribution < 1.29 is 19.1 Å². The highest BCUT2D eigenvalue weighted by Crippen LogP contribution is 2.31. The maximum atomic E-state index is 12.7. The van der Waals surface area contributed by atoms with Gasteiger partial charge in [-0.15, -0.1) is 0 Å². The SMILES string of the molecule is CC(=O)N(CC(=O)N1CCC2(CC1)OCCO2)C1CCCCCC1. The van der Waals surface area contributed by atoms with Gasteiger partial charge < -0.3 is 19.3 Å². The summed E-state index contributed by atoms with van der Waals surface area (Å²) in [6, 6.07) is 0.228. The Bertz CT molecular complexity index is 444. The molecule has 2 aliphatic heterocycles. The number of carbonyl (C=O) groups excluding carboxylic acids is 2. The van der Waals surface area contributed by atoms with E-state index in [1.54, 1.807) is 11.8 Å². The van der Waals surface area contributed by atoms with Crippen LogP contribution in [0.5, 0.6) is 0 Å². The summed E-state index contributed by atoms with van der Waals surface area (Å²) < 4.78 is 11.4. The molecule has 1 aliphatic carbocycles. The van der Waals surface area contributed by atoms with Gasteiger partial charge in [0, 0.05) is 38.9 Å². The summed E-state index contributed by atoms with van der Waals surface area (Å²) in [5.41, 5.74) is 0. The molecule has 24 heavy (non-hydrogen) atoms. The van der Waals surface area contributed by atoms with Crippen LogP contribution in [0.15, 0.2) is 0 Å². The minimum atomic E-state index is -0.460. The summed E-state index contributed by atoms with van der Waals surface area (Å²) in [7, 11) is 0. The lowest BCUT2D eigenvalue weighted by Crippen LogP contribution is -2.51. The molecule has 3 fully saturated rings. The number of amides is 2. The van der Waals surface area contributed by atoms with Crippen molar-refractivity contribution in [2.24, 2.45) is 0 Å². The zero-order chi connectivity index (χ0) is 17.0. The van der Waals surface area contributed by atoms with Crippen LogP contribution in [0.3, 0.4) is 0 Å². The second-order valence-electron chi connectivity index (χ2n) is 7.28. The Hall–Kier alpha value is -1.14. The number of hydrogen-bond donors (Lipinski definition) is 0. The molecule has 0 aromatic rings. The fourth-order valence-electron chi connectivity index (χ4n) is 4.20. The molecule has 3 aliphatic rings. The van der Waals surface area contributed by atoms with Gasteiger partial charge in [-0.1, -0.05) is 25.7 Å². The first-order valence-corrected chi connectivity index (χ1v) is 9.43. The quantitative estimate of drug-likeness (QED) is 0.738. The van der Waals surface area contributed by atoms with Gasteiger partial charge in [-0.3, -0.25) is 9.59 Å². The summed E-state index contributed by atoms with van der Waals surface area (Å²) in [4.78, 5) is 28.5. The Morgan fingerprint density at radius 1 is 1.04 bits per heavy atom. The van der Waals surface area contributed by atoms with Crippen molar-refractivity contribution >= 4 is 11.8 Å². The van der Waals surface area contributed by atoms with Gasteiger partial charge in [0.15, 0.2) is 5.79 Å². The fourth-order valence-corrected chi connectivity index (χ4v) is 4.20. The third kappa shape index (κ3) is 4.09. The van der Waals surface area contributed by atoms with Crippen LogP contribution in [-0.2, 0) is 19.1 Å². The van der Waals surface area contributed by atoms with Gasteiger partial charge in [0.1, 0.15) is 0 Å². The van der Waals surface area contributed by atoms with Gasteiger partial charge in [-0.05, 0) is 12.8 Å². The molecule has 0 aromatic heterocycles. The van der Waals surface area contributed by atoms with Crippen LogP contribution in [-0.4, -0.2) is 66.3 Å². The van der Waals surface area contributed by atoms with E-state index in [-0.39, 0.29) is 24.4 Å². The summed E-state index contributed by atoms with van der Waals surface area (Å²) in [5, 5.41) is 0. The van der Waals surface area contributed by atoms with E-state index >= 15 is 0 Å². The highest BCUT2D eigenvalue weighted by Gasteiger charge is 2.41. The van der Waals surface area contributed by atoms with Crippen molar-refractivity contribution in [1.82, 2.24) is 9.80 Å². The molecule has 2 saturated heterocycles. The van der Waals surface area contributed by atoms with Gasteiger partial charge in [0.05, 0.1) is 19.8 Å². The van der Waals surface area contributed by atoms with Gasteiger partial charge in [-0.2, -0.15) is 0 Å². The maximum absolute atomic E-state index is 12.7. The number of ether oxygens (including phenoxy) is 2. The van der Waals surface area contributed by atoms with Crippen LogP contribution in [0.2, 0.25) is 0 Å². The first-order valence-electron chi connectivity index (χ1n) is 9.43. The molecule has 6 nitrogen and oxygen atoms in total. The molecule has 6 heteroatoms. The van der Waals surface area contributed by atoms with Crippen molar-refractivity contribution in [2.75, 3.05) is 32.8 Å². The van der Waals surface area contributed by atoms with Crippen LogP contribution in [0, 0.1) is 0 Å². The van der Waals surface area contributed by atoms with Crippen LogP contribution in [0.1, 0.15) is 58.3 Å². The second kappa shape index (κ2) is 7.83. The molecule has 2 amide bonds.